The Morgan fingerprint density at radius 2 is 2.06 bits per heavy atom. The molecule has 2 N–H and O–H groups in total. The van der Waals surface area contributed by atoms with Crippen molar-refractivity contribution in [1.82, 2.24) is 5.16 Å². The van der Waals surface area contributed by atoms with E-state index in [2.05, 4.69) is 5.16 Å². The minimum Gasteiger partial charge on any atom is -0.370 e. The van der Waals surface area contributed by atoms with Gasteiger partial charge in [-0.25, -0.2) is 0 Å². The largest absolute Gasteiger partial charge is 0.370 e. The van der Waals surface area contributed by atoms with Crippen molar-refractivity contribution < 1.29 is 9.32 Å². The third kappa shape index (κ3) is 2.20. The van der Waals surface area contributed by atoms with Gasteiger partial charge in [-0.3, -0.25) is 4.79 Å². The Kier molecular flexibility index (Phi) is 2.95. The average molecular weight is 230 g/mol. The maximum Gasteiger partial charge on any atom is 0.218 e. The highest BCUT2D eigenvalue weighted by Crippen LogP contribution is 2.34. The van der Waals surface area contributed by atoms with Gasteiger partial charge in [0.2, 0.25) is 5.91 Å². The number of aromatic nitrogens is 1. The lowest BCUT2D eigenvalue weighted by Gasteiger charge is -2.27. The van der Waals surface area contributed by atoms with Gasteiger partial charge in [0, 0.05) is 17.4 Å². The van der Waals surface area contributed by atoms with E-state index in [0.29, 0.717) is 0 Å². The molecule has 0 aliphatic rings. The second kappa shape index (κ2) is 4.41. The van der Waals surface area contributed by atoms with Crippen LogP contribution in [0.25, 0.3) is 0 Å². The first-order valence-electron chi connectivity index (χ1n) is 5.36. The molecular formula is C13H14N2O2. The lowest BCUT2D eigenvalue weighted by molar-refractivity contribution is -0.118. The fraction of sp³-hybridized carbons (Fsp3) is 0.231. The summed E-state index contributed by atoms with van der Waals surface area (Å²) in [5.41, 5.74) is 6.70. The molecule has 1 heterocycles. The SMILES string of the molecule is CC(CC(N)=O)(c1ccccc1)c1cnoc1. The van der Waals surface area contributed by atoms with Crippen LogP contribution in [0.5, 0.6) is 0 Å². The molecule has 2 aromatic rings. The maximum absolute atomic E-state index is 11.3. The van der Waals surface area contributed by atoms with E-state index in [1.54, 1.807) is 12.5 Å². The summed E-state index contributed by atoms with van der Waals surface area (Å²) in [6.07, 6.45) is 3.39. The number of amides is 1. The smallest absolute Gasteiger partial charge is 0.218 e. The topological polar surface area (TPSA) is 69.1 Å². The van der Waals surface area contributed by atoms with Crippen LogP contribution in [0.3, 0.4) is 0 Å². The zero-order valence-electron chi connectivity index (χ0n) is 9.59. The Bertz CT molecular complexity index is 493. The molecular weight excluding hydrogens is 216 g/mol. The summed E-state index contributed by atoms with van der Waals surface area (Å²) in [6.45, 7) is 1.96. The van der Waals surface area contributed by atoms with Gasteiger partial charge < -0.3 is 10.3 Å². The molecule has 0 radical (unpaired) electrons. The van der Waals surface area contributed by atoms with E-state index in [1.807, 2.05) is 37.3 Å². The Morgan fingerprint density at radius 1 is 1.35 bits per heavy atom. The molecule has 1 amide bonds. The fourth-order valence-electron chi connectivity index (χ4n) is 2.00. The Labute approximate surface area is 99.4 Å². The molecule has 17 heavy (non-hydrogen) atoms. The maximum atomic E-state index is 11.3. The molecule has 88 valence electrons. The molecule has 0 fully saturated rings. The molecule has 0 saturated carbocycles. The van der Waals surface area contributed by atoms with Gasteiger partial charge in [0.05, 0.1) is 6.20 Å². The number of hydrogen-bond donors (Lipinski definition) is 1. The van der Waals surface area contributed by atoms with Gasteiger partial charge in [-0.15, -0.1) is 0 Å². The van der Waals surface area contributed by atoms with Gasteiger partial charge in [0.25, 0.3) is 0 Å². The molecule has 0 bridgehead atoms. The van der Waals surface area contributed by atoms with E-state index < -0.39 is 5.41 Å². The summed E-state index contributed by atoms with van der Waals surface area (Å²) >= 11 is 0. The first-order valence-corrected chi connectivity index (χ1v) is 5.36. The normalized spacial score (nSPS) is 14.2. The number of carbonyl (C=O) groups is 1. The minimum atomic E-state index is -0.493. The van der Waals surface area contributed by atoms with Gasteiger partial charge in [-0.2, -0.15) is 0 Å². The third-order valence-electron chi connectivity index (χ3n) is 3.01. The summed E-state index contributed by atoms with van der Waals surface area (Å²) in [5, 5.41) is 3.69. The summed E-state index contributed by atoms with van der Waals surface area (Å²) in [4.78, 5) is 11.3. The highest BCUT2D eigenvalue weighted by molar-refractivity contribution is 5.76. The summed E-state index contributed by atoms with van der Waals surface area (Å²) in [7, 11) is 0. The monoisotopic (exact) mass is 230 g/mol. The zero-order valence-corrected chi connectivity index (χ0v) is 9.59. The number of nitrogens with zero attached hydrogens (tertiary/aromatic N) is 1. The van der Waals surface area contributed by atoms with Crippen molar-refractivity contribution in [3.8, 4) is 0 Å². The Balaban J connectivity index is 2.48. The van der Waals surface area contributed by atoms with Gasteiger partial charge >= 0.3 is 0 Å². The van der Waals surface area contributed by atoms with Crippen LogP contribution in [0.15, 0.2) is 47.3 Å². The molecule has 0 aliphatic heterocycles. The van der Waals surface area contributed by atoms with E-state index in [4.69, 9.17) is 10.3 Å². The quantitative estimate of drug-likeness (QED) is 0.871. The number of rotatable bonds is 4. The van der Waals surface area contributed by atoms with Gasteiger partial charge in [-0.05, 0) is 5.56 Å². The molecule has 0 spiro atoms. The molecule has 0 saturated heterocycles. The summed E-state index contributed by atoms with van der Waals surface area (Å²) < 4.78 is 4.86. The van der Waals surface area contributed by atoms with E-state index in [-0.39, 0.29) is 12.3 Å². The number of benzene rings is 1. The van der Waals surface area contributed by atoms with Gasteiger partial charge in [-0.1, -0.05) is 42.4 Å². The third-order valence-corrected chi connectivity index (χ3v) is 3.01. The van der Waals surface area contributed by atoms with Gasteiger partial charge in [0.1, 0.15) is 6.26 Å². The van der Waals surface area contributed by atoms with Crippen molar-refractivity contribution in [2.24, 2.45) is 5.73 Å². The molecule has 0 aliphatic carbocycles. The summed E-state index contributed by atoms with van der Waals surface area (Å²) in [6, 6.07) is 9.73. The van der Waals surface area contributed by atoms with Crippen LogP contribution in [-0.2, 0) is 10.2 Å². The van der Waals surface area contributed by atoms with E-state index >= 15 is 0 Å². The second-order valence-electron chi connectivity index (χ2n) is 4.25. The van der Waals surface area contributed by atoms with Crippen LogP contribution in [0.4, 0.5) is 0 Å². The highest BCUT2D eigenvalue weighted by atomic mass is 16.5. The Morgan fingerprint density at radius 3 is 2.59 bits per heavy atom. The predicted octanol–water partition coefficient (Wildman–Crippen LogP) is 1.86. The first kappa shape index (κ1) is 11.4. The van der Waals surface area contributed by atoms with Gasteiger partial charge in [0.15, 0.2) is 0 Å². The zero-order chi connectivity index (χ0) is 12.3. The average Bonchev–Trinajstić information content (AvgIpc) is 2.83. The Hall–Kier alpha value is -2.10. The van der Waals surface area contributed by atoms with Crippen molar-refractivity contribution in [2.75, 3.05) is 0 Å². The summed E-state index contributed by atoms with van der Waals surface area (Å²) in [5.74, 6) is -0.349. The standard InChI is InChI=1S/C13H14N2O2/c1-13(7-12(14)16,11-8-15-17-9-11)10-5-3-2-4-6-10/h2-6,8-9H,7H2,1H3,(H2,14,16). The first-order chi connectivity index (χ1) is 8.13. The minimum absolute atomic E-state index is 0.220. The van der Waals surface area contributed by atoms with Crippen molar-refractivity contribution in [1.29, 1.82) is 0 Å². The van der Waals surface area contributed by atoms with E-state index in [9.17, 15) is 4.79 Å². The van der Waals surface area contributed by atoms with Crippen LogP contribution < -0.4 is 5.73 Å². The van der Waals surface area contributed by atoms with Crippen molar-refractivity contribution in [2.45, 2.75) is 18.8 Å². The number of hydrogen-bond acceptors (Lipinski definition) is 3. The molecule has 4 heteroatoms. The number of carbonyl (C=O) groups excluding carboxylic acids is 1. The molecule has 1 atom stereocenters. The molecule has 1 unspecified atom stereocenters. The lowest BCUT2D eigenvalue weighted by Crippen LogP contribution is -2.30. The van der Waals surface area contributed by atoms with Crippen LogP contribution in [-0.4, -0.2) is 11.1 Å². The van der Waals surface area contributed by atoms with Crippen LogP contribution >= 0.6 is 0 Å². The van der Waals surface area contributed by atoms with Crippen molar-refractivity contribution in [3.63, 3.8) is 0 Å². The van der Waals surface area contributed by atoms with Crippen LogP contribution in [0, 0.1) is 0 Å². The lowest BCUT2D eigenvalue weighted by atomic mass is 9.75. The molecule has 2 rings (SSSR count). The number of nitrogens with two attached hydrogens (primary N) is 1. The molecule has 1 aromatic carbocycles. The number of primary amides is 1. The molecule has 4 nitrogen and oxygen atoms in total. The van der Waals surface area contributed by atoms with E-state index in [0.717, 1.165) is 11.1 Å². The van der Waals surface area contributed by atoms with Crippen molar-refractivity contribution >= 4 is 5.91 Å². The molecule has 1 aromatic heterocycles. The van der Waals surface area contributed by atoms with Crippen LogP contribution in [0.2, 0.25) is 0 Å². The van der Waals surface area contributed by atoms with Crippen LogP contribution in [0.1, 0.15) is 24.5 Å². The second-order valence-corrected chi connectivity index (χ2v) is 4.25. The van der Waals surface area contributed by atoms with E-state index in [1.165, 1.54) is 0 Å². The fourth-order valence-corrected chi connectivity index (χ4v) is 2.00. The van der Waals surface area contributed by atoms with Crippen molar-refractivity contribution in [3.05, 3.63) is 53.9 Å². The predicted molar refractivity (Wildman–Crippen MR) is 63.2 cm³/mol. The highest BCUT2D eigenvalue weighted by Gasteiger charge is 2.32.